The molecule has 20 heavy (non-hydrogen) atoms. The summed E-state index contributed by atoms with van der Waals surface area (Å²) >= 11 is 1.21. The predicted octanol–water partition coefficient (Wildman–Crippen LogP) is 2.70. The number of alkyl halides is 1. The van der Waals surface area contributed by atoms with Crippen molar-refractivity contribution >= 4 is 37.8 Å². The van der Waals surface area contributed by atoms with Crippen LogP contribution in [0, 0.1) is 12.3 Å². The number of anilines is 1. The van der Waals surface area contributed by atoms with Gasteiger partial charge in [0, 0.05) is 5.56 Å². The molecule has 0 aromatic heterocycles. The fraction of sp³-hybridized carbons (Fsp3) is 0.385. The number of hydrogen-bond donors (Lipinski definition) is 1. The van der Waals surface area contributed by atoms with Gasteiger partial charge in [-0.3, -0.25) is 15.1 Å². The van der Waals surface area contributed by atoms with Crippen LogP contribution in [-0.4, -0.2) is 29.3 Å². The maximum atomic E-state index is 12.7. The Balaban J connectivity index is 2.24. The van der Waals surface area contributed by atoms with Crippen molar-refractivity contribution in [3.05, 3.63) is 29.3 Å². The van der Waals surface area contributed by atoms with E-state index >= 15 is 0 Å². The lowest BCUT2D eigenvalue weighted by Gasteiger charge is -2.20. The number of nitrogens with one attached hydrogen (secondary N) is 1. The molecule has 0 radical (unpaired) electrons. The number of ether oxygens (including phenoxy) is 1. The number of carbonyl (C=O) groups excluding carboxylic acids is 1. The van der Waals surface area contributed by atoms with Crippen LogP contribution in [0.2, 0.25) is 0 Å². The SMILES string of the molecule is Cc1ccc(COCC(F)P)c(N2C(=N)SCC2=O)c1. The van der Waals surface area contributed by atoms with Gasteiger partial charge in [-0.15, -0.1) is 0 Å². The number of nitrogens with zero attached hydrogens (tertiary/aromatic N) is 1. The summed E-state index contributed by atoms with van der Waals surface area (Å²) < 4.78 is 18.0. The smallest absolute Gasteiger partial charge is 0.243 e. The Labute approximate surface area is 123 Å². The number of rotatable bonds is 5. The molecule has 1 amide bonds. The van der Waals surface area contributed by atoms with Crippen LogP contribution >= 0.6 is 21.0 Å². The largest absolute Gasteiger partial charge is 0.373 e. The molecular weight excluding hydrogens is 298 g/mol. The van der Waals surface area contributed by atoms with Gasteiger partial charge in [0.2, 0.25) is 5.91 Å². The van der Waals surface area contributed by atoms with Gasteiger partial charge in [-0.05, 0) is 18.6 Å². The zero-order chi connectivity index (χ0) is 14.7. The van der Waals surface area contributed by atoms with Gasteiger partial charge in [0.15, 0.2) is 5.17 Å². The average Bonchev–Trinajstić information content (AvgIpc) is 2.70. The Morgan fingerprint density at radius 1 is 1.60 bits per heavy atom. The van der Waals surface area contributed by atoms with E-state index in [4.69, 9.17) is 10.1 Å². The van der Waals surface area contributed by atoms with Crippen molar-refractivity contribution in [1.82, 2.24) is 0 Å². The number of aryl methyl sites for hydroxylation is 1. The minimum atomic E-state index is -1.11. The lowest BCUT2D eigenvalue weighted by Crippen LogP contribution is -2.29. The molecule has 1 saturated heterocycles. The average molecular weight is 314 g/mol. The predicted molar refractivity (Wildman–Crippen MR) is 83.1 cm³/mol. The van der Waals surface area contributed by atoms with E-state index < -0.39 is 5.91 Å². The van der Waals surface area contributed by atoms with Gasteiger partial charge in [0.05, 0.1) is 24.7 Å². The van der Waals surface area contributed by atoms with Gasteiger partial charge >= 0.3 is 0 Å². The number of halogens is 1. The highest BCUT2D eigenvalue weighted by Crippen LogP contribution is 2.30. The van der Waals surface area contributed by atoms with Gasteiger partial charge in [-0.2, -0.15) is 0 Å². The molecule has 2 rings (SSSR count). The molecule has 1 aromatic rings. The first kappa shape index (κ1) is 15.4. The van der Waals surface area contributed by atoms with E-state index in [-0.39, 0.29) is 30.0 Å². The molecular formula is C13H16FN2O2PS. The van der Waals surface area contributed by atoms with Crippen molar-refractivity contribution in [2.45, 2.75) is 19.4 Å². The summed E-state index contributed by atoms with van der Waals surface area (Å²) in [5, 5.41) is 8.07. The number of carbonyl (C=O) groups is 1. The van der Waals surface area contributed by atoms with Crippen LogP contribution in [0.1, 0.15) is 11.1 Å². The maximum Gasteiger partial charge on any atom is 0.243 e. The van der Waals surface area contributed by atoms with Crippen LogP contribution in [0.15, 0.2) is 18.2 Å². The van der Waals surface area contributed by atoms with Crippen LogP contribution in [0.3, 0.4) is 0 Å². The lowest BCUT2D eigenvalue weighted by molar-refractivity contribution is -0.115. The Hall–Kier alpha value is -0.970. The molecule has 0 saturated carbocycles. The van der Waals surface area contributed by atoms with E-state index in [1.165, 1.54) is 16.7 Å². The van der Waals surface area contributed by atoms with Crippen LogP contribution in [0.25, 0.3) is 0 Å². The van der Waals surface area contributed by atoms with Crippen molar-refractivity contribution in [2.24, 2.45) is 0 Å². The minimum absolute atomic E-state index is 0.0157. The van der Waals surface area contributed by atoms with Crippen molar-refractivity contribution < 1.29 is 13.9 Å². The second-order valence-corrected chi connectivity index (χ2v) is 6.17. The highest BCUT2D eigenvalue weighted by molar-refractivity contribution is 8.15. The molecule has 0 spiro atoms. The number of hydrogen-bond acceptors (Lipinski definition) is 4. The van der Waals surface area contributed by atoms with Crippen LogP contribution in [-0.2, 0) is 16.1 Å². The topological polar surface area (TPSA) is 53.4 Å². The fourth-order valence-corrected chi connectivity index (χ4v) is 2.76. The van der Waals surface area contributed by atoms with E-state index in [1.54, 1.807) is 0 Å². The summed E-state index contributed by atoms with van der Waals surface area (Å²) in [6, 6.07) is 5.61. The molecule has 1 N–H and O–H groups in total. The highest BCUT2D eigenvalue weighted by atomic mass is 32.2. The molecule has 108 valence electrons. The second kappa shape index (κ2) is 6.66. The molecule has 1 fully saturated rings. The summed E-state index contributed by atoms with van der Waals surface area (Å²) in [6.07, 6.45) is 0. The normalized spacial score (nSPS) is 16.9. The molecule has 0 aliphatic carbocycles. The van der Waals surface area contributed by atoms with Crippen molar-refractivity contribution in [1.29, 1.82) is 5.41 Å². The molecule has 1 aliphatic rings. The van der Waals surface area contributed by atoms with Crippen LogP contribution < -0.4 is 4.90 Å². The van der Waals surface area contributed by atoms with Gasteiger partial charge in [-0.1, -0.05) is 33.1 Å². The van der Waals surface area contributed by atoms with E-state index in [0.717, 1.165) is 11.1 Å². The molecule has 2 unspecified atom stereocenters. The van der Waals surface area contributed by atoms with E-state index in [2.05, 4.69) is 0 Å². The van der Waals surface area contributed by atoms with Gasteiger partial charge < -0.3 is 4.74 Å². The molecule has 2 atom stereocenters. The highest BCUT2D eigenvalue weighted by Gasteiger charge is 2.30. The Morgan fingerprint density at radius 2 is 2.35 bits per heavy atom. The number of amides is 1. The molecule has 1 aliphatic heterocycles. The van der Waals surface area contributed by atoms with Crippen LogP contribution in [0.5, 0.6) is 0 Å². The van der Waals surface area contributed by atoms with E-state index in [1.807, 2.05) is 34.4 Å². The zero-order valence-electron chi connectivity index (χ0n) is 11.1. The first-order valence-electron chi connectivity index (χ1n) is 6.10. The summed E-state index contributed by atoms with van der Waals surface area (Å²) in [5.41, 5.74) is 2.43. The zero-order valence-corrected chi connectivity index (χ0v) is 13.0. The Bertz CT molecular complexity index is 523. The lowest BCUT2D eigenvalue weighted by atomic mass is 10.1. The van der Waals surface area contributed by atoms with Crippen LogP contribution in [0.4, 0.5) is 10.1 Å². The summed E-state index contributed by atoms with van der Waals surface area (Å²) in [7, 11) is 2.03. The quantitative estimate of drug-likeness (QED) is 0.850. The molecule has 1 heterocycles. The Morgan fingerprint density at radius 3 is 2.95 bits per heavy atom. The summed E-state index contributed by atoms with van der Waals surface area (Å²) in [4.78, 5) is 13.3. The standard InChI is InChI=1S/C13H16FN2O2PS/c1-8-2-3-9(5-18-6-11(14)19)10(4-8)16-12(17)7-20-13(16)15/h2-4,11,15H,5-7,19H2,1H3. The number of thioether (sulfide) groups is 1. The van der Waals surface area contributed by atoms with E-state index in [9.17, 15) is 9.18 Å². The number of benzene rings is 1. The summed E-state index contributed by atoms with van der Waals surface area (Å²) in [6.45, 7) is 2.12. The molecule has 4 nitrogen and oxygen atoms in total. The van der Waals surface area contributed by atoms with Gasteiger partial charge in [0.1, 0.15) is 5.91 Å². The van der Waals surface area contributed by atoms with Crippen molar-refractivity contribution in [3.8, 4) is 0 Å². The third-order valence-electron chi connectivity index (χ3n) is 2.80. The first-order valence-corrected chi connectivity index (χ1v) is 7.75. The first-order chi connectivity index (χ1) is 9.49. The van der Waals surface area contributed by atoms with Gasteiger partial charge in [-0.25, -0.2) is 4.39 Å². The van der Waals surface area contributed by atoms with E-state index in [0.29, 0.717) is 5.69 Å². The van der Waals surface area contributed by atoms with Gasteiger partial charge in [0.25, 0.3) is 0 Å². The fourth-order valence-electron chi connectivity index (χ4n) is 1.90. The maximum absolute atomic E-state index is 12.7. The third kappa shape index (κ3) is 3.57. The minimum Gasteiger partial charge on any atom is -0.373 e. The Kier molecular flexibility index (Phi) is 5.13. The molecule has 7 heteroatoms. The third-order valence-corrected chi connectivity index (χ3v) is 3.84. The number of amidine groups is 1. The second-order valence-electron chi connectivity index (χ2n) is 4.49. The summed E-state index contributed by atoms with van der Waals surface area (Å²) in [5.74, 6) is -0.932. The monoisotopic (exact) mass is 314 g/mol. The van der Waals surface area contributed by atoms with Crippen molar-refractivity contribution in [2.75, 3.05) is 17.3 Å². The van der Waals surface area contributed by atoms with Crippen molar-refractivity contribution in [3.63, 3.8) is 0 Å². The molecule has 1 aromatic carbocycles. The molecule has 0 bridgehead atoms.